The summed E-state index contributed by atoms with van der Waals surface area (Å²) in [5.74, 6) is 0.343. The number of aliphatic hydroxyl groups excluding tert-OH is 1. The third-order valence-corrected chi connectivity index (χ3v) is 4.33. The Kier molecular flexibility index (Phi) is 4.80. The first-order valence-electron chi connectivity index (χ1n) is 8.28. The first-order valence-corrected chi connectivity index (χ1v) is 8.28. The SMILES string of the molecule is Cn1nc(N2CCC(=O)NC2=O)c2cc(CCCCCO)ccc21. The van der Waals surface area contributed by atoms with Gasteiger partial charge in [-0.05, 0) is 37.0 Å². The Hall–Kier alpha value is -2.41. The quantitative estimate of drug-likeness (QED) is 0.790. The number of nitrogens with one attached hydrogen (secondary N) is 1. The van der Waals surface area contributed by atoms with Crippen molar-refractivity contribution in [1.82, 2.24) is 15.1 Å². The molecule has 0 aliphatic carbocycles. The van der Waals surface area contributed by atoms with Crippen LogP contribution in [-0.4, -0.2) is 40.0 Å². The van der Waals surface area contributed by atoms with Crippen LogP contribution in [0.2, 0.25) is 0 Å². The second-order valence-corrected chi connectivity index (χ2v) is 6.09. The molecule has 1 aliphatic heterocycles. The average Bonchev–Trinajstić information content (AvgIpc) is 2.88. The van der Waals surface area contributed by atoms with Crippen LogP contribution in [0.3, 0.4) is 0 Å². The van der Waals surface area contributed by atoms with Gasteiger partial charge in [-0.25, -0.2) is 4.79 Å². The highest BCUT2D eigenvalue weighted by Gasteiger charge is 2.27. The Bertz CT molecular complexity index is 769. The highest BCUT2D eigenvalue weighted by atomic mass is 16.3. The van der Waals surface area contributed by atoms with E-state index in [4.69, 9.17) is 5.11 Å². The number of rotatable bonds is 6. The molecule has 7 nitrogen and oxygen atoms in total. The molecule has 128 valence electrons. The van der Waals surface area contributed by atoms with Gasteiger partial charge in [0.05, 0.1) is 5.52 Å². The molecule has 0 spiro atoms. The fourth-order valence-corrected chi connectivity index (χ4v) is 3.03. The van der Waals surface area contributed by atoms with Crippen molar-refractivity contribution >= 4 is 28.7 Å². The number of aryl methyl sites for hydroxylation is 2. The Morgan fingerprint density at radius 2 is 2.08 bits per heavy atom. The summed E-state index contributed by atoms with van der Waals surface area (Å²) < 4.78 is 1.75. The van der Waals surface area contributed by atoms with Crippen LogP contribution in [0, 0.1) is 0 Å². The van der Waals surface area contributed by atoms with Gasteiger partial charge in [0.15, 0.2) is 5.82 Å². The van der Waals surface area contributed by atoms with Gasteiger partial charge in [0.25, 0.3) is 0 Å². The highest BCUT2D eigenvalue weighted by Crippen LogP contribution is 2.28. The number of hydrogen-bond acceptors (Lipinski definition) is 4. The number of imide groups is 1. The van der Waals surface area contributed by atoms with Gasteiger partial charge in [0.2, 0.25) is 5.91 Å². The fourth-order valence-electron chi connectivity index (χ4n) is 3.03. The van der Waals surface area contributed by atoms with E-state index in [2.05, 4.69) is 22.5 Å². The zero-order chi connectivity index (χ0) is 17.1. The van der Waals surface area contributed by atoms with Gasteiger partial charge in [0, 0.05) is 32.0 Å². The summed E-state index contributed by atoms with van der Waals surface area (Å²) >= 11 is 0. The van der Waals surface area contributed by atoms with Gasteiger partial charge >= 0.3 is 6.03 Å². The van der Waals surface area contributed by atoms with Gasteiger partial charge in [-0.2, -0.15) is 5.10 Å². The van der Waals surface area contributed by atoms with Gasteiger partial charge in [-0.15, -0.1) is 0 Å². The molecular formula is C17H22N4O3. The zero-order valence-electron chi connectivity index (χ0n) is 13.8. The molecule has 3 rings (SSSR count). The van der Waals surface area contributed by atoms with Crippen molar-refractivity contribution < 1.29 is 14.7 Å². The van der Waals surface area contributed by atoms with Crippen molar-refractivity contribution in [1.29, 1.82) is 0 Å². The molecule has 1 aromatic carbocycles. The maximum absolute atomic E-state index is 12.1. The largest absolute Gasteiger partial charge is 0.396 e. The number of unbranched alkanes of at least 4 members (excludes halogenated alkanes) is 2. The number of carbonyl (C=O) groups excluding carboxylic acids is 2. The van der Waals surface area contributed by atoms with Gasteiger partial charge in [-0.3, -0.25) is 19.7 Å². The summed E-state index contributed by atoms with van der Waals surface area (Å²) in [6.07, 6.45) is 4.04. The predicted molar refractivity (Wildman–Crippen MR) is 90.9 cm³/mol. The zero-order valence-corrected chi connectivity index (χ0v) is 13.8. The molecule has 1 aromatic heterocycles. The minimum absolute atomic E-state index is 0.231. The summed E-state index contributed by atoms with van der Waals surface area (Å²) in [6, 6.07) is 5.74. The van der Waals surface area contributed by atoms with E-state index in [-0.39, 0.29) is 18.9 Å². The number of benzene rings is 1. The van der Waals surface area contributed by atoms with Crippen molar-refractivity contribution in [2.24, 2.45) is 7.05 Å². The number of urea groups is 1. The van der Waals surface area contributed by atoms with Crippen LogP contribution in [0.15, 0.2) is 18.2 Å². The minimum Gasteiger partial charge on any atom is -0.396 e. The number of aliphatic hydroxyl groups is 1. The Labute approximate surface area is 140 Å². The molecule has 3 amide bonds. The van der Waals surface area contributed by atoms with E-state index in [1.165, 1.54) is 10.5 Å². The lowest BCUT2D eigenvalue weighted by molar-refractivity contribution is -0.120. The molecular weight excluding hydrogens is 308 g/mol. The topological polar surface area (TPSA) is 87.5 Å². The normalized spacial score (nSPS) is 15.2. The lowest BCUT2D eigenvalue weighted by Gasteiger charge is -2.24. The van der Waals surface area contributed by atoms with Crippen molar-refractivity contribution in [2.45, 2.75) is 32.1 Å². The number of nitrogens with zero attached hydrogens (tertiary/aromatic N) is 3. The smallest absolute Gasteiger partial charge is 0.329 e. The molecule has 2 N–H and O–H groups in total. The van der Waals surface area contributed by atoms with Crippen LogP contribution in [-0.2, 0) is 18.3 Å². The summed E-state index contributed by atoms with van der Waals surface area (Å²) in [5.41, 5.74) is 2.14. The molecule has 0 atom stereocenters. The number of hydrogen-bond donors (Lipinski definition) is 2. The minimum atomic E-state index is -0.417. The third-order valence-electron chi connectivity index (χ3n) is 4.33. The number of aromatic nitrogens is 2. The maximum atomic E-state index is 12.1. The molecule has 1 fully saturated rings. The monoisotopic (exact) mass is 330 g/mol. The molecule has 7 heteroatoms. The van der Waals surface area contributed by atoms with Crippen molar-refractivity contribution in [3.63, 3.8) is 0 Å². The number of anilines is 1. The Morgan fingerprint density at radius 3 is 2.83 bits per heavy atom. The van der Waals surface area contributed by atoms with Crippen LogP contribution in [0.1, 0.15) is 31.2 Å². The van der Waals surface area contributed by atoms with Crippen LogP contribution in [0.5, 0.6) is 0 Å². The van der Waals surface area contributed by atoms with E-state index in [1.54, 1.807) is 4.68 Å². The van der Waals surface area contributed by atoms with Crippen LogP contribution >= 0.6 is 0 Å². The second kappa shape index (κ2) is 7.00. The number of amides is 3. The average molecular weight is 330 g/mol. The summed E-state index contributed by atoms with van der Waals surface area (Å²) in [4.78, 5) is 25.0. The highest BCUT2D eigenvalue weighted by molar-refractivity contribution is 6.08. The van der Waals surface area contributed by atoms with E-state index in [9.17, 15) is 9.59 Å². The third kappa shape index (κ3) is 3.26. The van der Waals surface area contributed by atoms with E-state index < -0.39 is 6.03 Å². The molecule has 0 saturated carbocycles. The van der Waals surface area contributed by atoms with E-state index >= 15 is 0 Å². The Balaban J connectivity index is 1.87. The molecule has 0 bridgehead atoms. The van der Waals surface area contributed by atoms with Crippen molar-refractivity contribution in [3.8, 4) is 0 Å². The predicted octanol–water partition coefficient (Wildman–Crippen LogP) is 1.72. The first kappa shape index (κ1) is 16.4. The standard InChI is InChI=1S/C17H22N4O3/c1-20-14-7-6-12(5-3-2-4-10-22)11-13(14)16(19-20)21-9-8-15(23)18-17(21)24/h6-7,11,22H,2-5,8-10H2,1H3,(H,18,23,24). The van der Waals surface area contributed by atoms with Gasteiger partial charge in [0.1, 0.15) is 0 Å². The van der Waals surface area contributed by atoms with Crippen LogP contribution in [0.4, 0.5) is 10.6 Å². The number of fused-ring (bicyclic) bond motifs is 1. The number of carbonyl (C=O) groups is 2. The fraction of sp³-hybridized carbons (Fsp3) is 0.471. The van der Waals surface area contributed by atoms with Crippen molar-refractivity contribution in [3.05, 3.63) is 23.8 Å². The van der Waals surface area contributed by atoms with Gasteiger partial charge < -0.3 is 5.11 Å². The first-order chi connectivity index (χ1) is 11.6. The Morgan fingerprint density at radius 1 is 1.25 bits per heavy atom. The summed E-state index contributed by atoms with van der Waals surface area (Å²) in [7, 11) is 1.85. The van der Waals surface area contributed by atoms with Crippen LogP contribution in [0.25, 0.3) is 10.9 Å². The molecule has 1 aliphatic rings. The maximum Gasteiger partial charge on any atom is 0.329 e. The lowest BCUT2D eigenvalue weighted by Crippen LogP contribution is -2.49. The lowest BCUT2D eigenvalue weighted by atomic mass is 10.0. The second-order valence-electron chi connectivity index (χ2n) is 6.09. The van der Waals surface area contributed by atoms with Gasteiger partial charge in [-0.1, -0.05) is 12.5 Å². The molecule has 24 heavy (non-hydrogen) atoms. The van der Waals surface area contributed by atoms with E-state index in [1.807, 2.05) is 13.1 Å². The molecule has 2 aromatic rings. The molecule has 1 saturated heterocycles. The molecule has 0 unspecified atom stereocenters. The van der Waals surface area contributed by atoms with E-state index in [0.29, 0.717) is 12.4 Å². The summed E-state index contributed by atoms with van der Waals surface area (Å²) in [5, 5.41) is 16.6. The van der Waals surface area contributed by atoms with Crippen molar-refractivity contribution in [2.75, 3.05) is 18.1 Å². The van der Waals surface area contributed by atoms with E-state index in [0.717, 1.165) is 36.6 Å². The van der Waals surface area contributed by atoms with Crippen LogP contribution < -0.4 is 10.2 Å². The molecule has 0 radical (unpaired) electrons. The summed E-state index contributed by atoms with van der Waals surface area (Å²) in [6.45, 7) is 0.575. The molecule has 2 heterocycles.